The first-order chi connectivity index (χ1) is 8.29. The van der Waals surface area contributed by atoms with Crippen molar-refractivity contribution in [1.29, 1.82) is 0 Å². The molecular formula is C11H17N3OS2. The fraction of sp³-hybridized carbons (Fsp3) is 0.636. The smallest absolute Gasteiger partial charge is 0.236 e. The molecule has 1 amide bonds. The summed E-state index contributed by atoms with van der Waals surface area (Å²) in [6.07, 6.45) is 6.16. The number of carbonyl (C=O) groups is 1. The van der Waals surface area contributed by atoms with Gasteiger partial charge in [-0.05, 0) is 38.1 Å². The third-order valence-electron chi connectivity index (χ3n) is 2.79. The summed E-state index contributed by atoms with van der Waals surface area (Å²) in [5.41, 5.74) is 0. The van der Waals surface area contributed by atoms with Crippen LogP contribution in [0.3, 0.4) is 0 Å². The van der Waals surface area contributed by atoms with E-state index in [-0.39, 0.29) is 5.91 Å². The number of amides is 1. The summed E-state index contributed by atoms with van der Waals surface area (Å²) in [7, 11) is 0. The van der Waals surface area contributed by atoms with Crippen molar-refractivity contribution in [1.82, 2.24) is 10.3 Å². The summed E-state index contributed by atoms with van der Waals surface area (Å²) >= 11 is 3.13. The number of nitrogens with zero attached hydrogens (tertiary/aromatic N) is 1. The lowest BCUT2D eigenvalue weighted by Gasteiger charge is -2.20. The highest BCUT2D eigenvalue weighted by molar-refractivity contribution is 7.99. The molecule has 4 nitrogen and oxygen atoms in total. The monoisotopic (exact) mass is 271 g/mol. The molecule has 0 aromatic carbocycles. The number of hydrogen-bond acceptors (Lipinski definition) is 5. The Morgan fingerprint density at radius 1 is 1.65 bits per heavy atom. The molecule has 1 aliphatic rings. The molecule has 0 saturated carbocycles. The summed E-state index contributed by atoms with van der Waals surface area (Å²) in [6.45, 7) is 2.16. The number of thioether (sulfide) groups is 1. The van der Waals surface area contributed by atoms with Gasteiger partial charge in [-0.25, -0.2) is 4.98 Å². The van der Waals surface area contributed by atoms with E-state index >= 15 is 0 Å². The molecule has 0 spiro atoms. The molecule has 0 bridgehead atoms. The second kappa shape index (κ2) is 6.37. The molecule has 2 heterocycles. The summed E-state index contributed by atoms with van der Waals surface area (Å²) in [5.74, 6) is 1.13. The van der Waals surface area contributed by atoms with E-state index in [0.29, 0.717) is 11.7 Å². The van der Waals surface area contributed by atoms with Gasteiger partial charge in [-0.3, -0.25) is 4.79 Å². The predicted molar refractivity (Wildman–Crippen MR) is 74.0 cm³/mol. The van der Waals surface area contributed by atoms with Gasteiger partial charge in [0.1, 0.15) is 0 Å². The minimum absolute atomic E-state index is 0.0312. The number of anilines is 1. The Kier molecular flexibility index (Phi) is 4.82. The summed E-state index contributed by atoms with van der Waals surface area (Å²) in [5, 5.41) is 6.92. The van der Waals surface area contributed by atoms with E-state index in [2.05, 4.69) is 15.6 Å². The third-order valence-corrected chi connectivity index (χ3v) is 4.41. The Bertz CT molecular complexity index is 375. The van der Waals surface area contributed by atoms with Gasteiger partial charge in [0.15, 0.2) is 5.13 Å². The average molecular weight is 271 g/mol. The van der Waals surface area contributed by atoms with Crippen LogP contribution in [0, 0.1) is 0 Å². The minimum atomic E-state index is 0.0312. The predicted octanol–water partition coefficient (Wildman–Crippen LogP) is 1.91. The van der Waals surface area contributed by atoms with Gasteiger partial charge >= 0.3 is 0 Å². The van der Waals surface area contributed by atoms with Crippen LogP contribution >= 0.6 is 23.1 Å². The van der Waals surface area contributed by atoms with Crippen LogP contribution in [0.15, 0.2) is 6.20 Å². The average Bonchev–Trinajstić information content (AvgIpc) is 2.79. The first-order valence-corrected chi connectivity index (χ1v) is 7.96. The lowest BCUT2D eigenvalue weighted by molar-refractivity contribution is -0.113. The van der Waals surface area contributed by atoms with Gasteiger partial charge in [0, 0.05) is 11.1 Å². The fourth-order valence-corrected chi connectivity index (χ4v) is 3.26. The molecule has 1 saturated heterocycles. The van der Waals surface area contributed by atoms with Crippen molar-refractivity contribution in [3.8, 4) is 0 Å². The first-order valence-electron chi connectivity index (χ1n) is 5.75. The van der Waals surface area contributed by atoms with Crippen molar-refractivity contribution < 1.29 is 4.79 Å². The molecule has 6 heteroatoms. The lowest BCUT2D eigenvalue weighted by Crippen LogP contribution is -2.26. The SMILES string of the molecule is CSCC(=O)Nc1ncc(C2CCNCC2)s1. The van der Waals surface area contributed by atoms with E-state index in [0.717, 1.165) is 18.2 Å². The zero-order valence-electron chi connectivity index (χ0n) is 9.86. The zero-order valence-corrected chi connectivity index (χ0v) is 11.5. The highest BCUT2D eigenvalue weighted by atomic mass is 32.2. The Morgan fingerprint density at radius 2 is 2.41 bits per heavy atom. The van der Waals surface area contributed by atoms with Crippen molar-refractivity contribution in [3.63, 3.8) is 0 Å². The van der Waals surface area contributed by atoms with E-state index in [1.807, 2.05) is 12.5 Å². The van der Waals surface area contributed by atoms with Crippen molar-refractivity contribution in [2.24, 2.45) is 0 Å². The maximum absolute atomic E-state index is 11.4. The molecular weight excluding hydrogens is 254 g/mol. The molecule has 1 fully saturated rings. The molecule has 0 unspecified atom stereocenters. The quantitative estimate of drug-likeness (QED) is 0.878. The second-order valence-corrected chi connectivity index (χ2v) is 6.00. The molecule has 2 N–H and O–H groups in total. The van der Waals surface area contributed by atoms with Gasteiger partial charge in [0.05, 0.1) is 5.75 Å². The second-order valence-electron chi connectivity index (χ2n) is 4.07. The number of aromatic nitrogens is 1. The van der Waals surface area contributed by atoms with Crippen molar-refractivity contribution in [2.45, 2.75) is 18.8 Å². The molecule has 1 aliphatic heterocycles. The van der Waals surface area contributed by atoms with Gasteiger partial charge in [-0.1, -0.05) is 0 Å². The molecule has 94 valence electrons. The Labute approximate surface area is 110 Å². The number of thiazole rings is 1. The number of rotatable bonds is 4. The highest BCUT2D eigenvalue weighted by Crippen LogP contribution is 2.31. The molecule has 17 heavy (non-hydrogen) atoms. The van der Waals surface area contributed by atoms with Crippen LogP contribution in [-0.4, -0.2) is 36.0 Å². The lowest BCUT2D eigenvalue weighted by atomic mass is 9.97. The van der Waals surface area contributed by atoms with E-state index < -0.39 is 0 Å². The molecule has 1 aromatic rings. The Hall–Kier alpha value is -0.590. The van der Waals surface area contributed by atoms with E-state index in [1.165, 1.54) is 29.5 Å². The van der Waals surface area contributed by atoms with E-state index in [1.54, 1.807) is 11.3 Å². The Morgan fingerprint density at radius 3 is 3.12 bits per heavy atom. The number of nitrogens with one attached hydrogen (secondary N) is 2. The largest absolute Gasteiger partial charge is 0.317 e. The van der Waals surface area contributed by atoms with Crippen LogP contribution < -0.4 is 10.6 Å². The minimum Gasteiger partial charge on any atom is -0.317 e. The Balaban J connectivity index is 1.93. The molecule has 0 aliphatic carbocycles. The fourth-order valence-electron chi connectivity index (χ4n) is 1.93. The summed E-state index contributed by atoms with van der Waals surface area (Å²) in [6, 6.07) is 0. The van der Waals surface area contributed by atoms with Crippen molar-refractivity contribution >= 4 is 34.1 Å². The van der Waals surface area contributed by atoms with Gasteiger partial charge in [0.25, 0.3) is 0 Å². The van der Waals surface area contributed by atoms with Gasteiger partial charge in [-0.15, -0.1) is 11.3 Å². The van der Waals surface area contributed by atoms with Crippen molar-refractivity contribution in [3.05, 3.63) is 11.1 Å². The van der Waals surface area contributed by atoms with E-state index in [9.17, 15) is 4.79 Å². The molecule has 1 aromatic heterocycles. The van der Waals surface area contributed by atoms with Gasteiger partial charge in [0.2, 0.25) is 5.91 Å². The van der Waals surface area contributed by atoms with Crippen LogP contribution in [-0.2, 0) is 4.79 Å². The van der Waals surface area contributed by atoms with Crippen molar-refractivity contribution in [2.75, 3.05) is 30.4 Å². The number of piperidine rings is 1. The van der Waals surface area contributed by atoms with Crippen LogP contribution in [0.2, 0.25) is 0 Å². The highest BCUT2D eigenvalue weighted by Gasteiger charge is 2.18. The topological polar surface area (TPSA) is 54.0 Å². The van der Waals surface area contributed by atoms with Crippen LogP contribution in [0.25, 0.3) is 0 Å². The standard InChI is InChI=1S/C11H17N3OS2/c1-16-7-10(15)14-11-13-6-9(17-11)8-2-4-12-5-3-8/h6,8,12H,2-5,7H2,1H3,(H,13,14,15). The molecule has 2 rings (SSSR count). The maximum atomic E-state index is 11.4. The zero-order chi connectivity index (χ0) is 12.1. The molecule has 0 atom stereocenters. The number of carbonyl (C=O) groups excluding carboxylic acids is 1. The van der Waals surface area contributed by atoms with Gasteiger partial charge < -0.3 is 10.6 Å². The van der Waals surface area contributed by atoms with Crippen LogP contribution in [0.1, 0.15) is 23.6 Å². The van der Waals surface area contributed by atoms with Crippen LogP contribution in [0.5, 0.6) is 0 Å². The van der Waals surface area contributed by atoms with Crippen LogP contribution in [0.4, 0.5) is 5.13 Å². The molecule has 0 radical (unpaired) electrons. The number of hydrogen-bond donors (Lipinski definition) is 2. The van der Waals surface area contributed by atoms with Gasteiger partial charge in [-0.2, -0.15) is 11.8 Å². The third kappa shape index (κ3) is 3.69. The normalized spacial score (nSPS) is 17.0. The summed E-state index contributed by atoms with van der Waals surface area (Å²) < 4.78 is 0. The maximum Gasteiger partial charge on any atom is 0.236 e. The first kappa shape index (κ1) is 12.9. The van der Waals surface area contributed by atoms with E-state index in [4.69, 9.17) is 0 Å². The summed E-state index contributed by atoms with van der Waals surface area (Å²) in [4.78, 5) is 17.0.